The summed E-state index contributed by atoms with van der Waals surface area (Å²) < 4.78 is 0. The van der Waals surface area contributed by atoms with Gasteiger partial charge in [0, 0.05) is 18.9 Å². The van der Waals surface area contributed by atoms with E-state index < -0.39 is 0 Å². The molecule has 1 N–H and O–H groups in total. The predicted molar refractivity (Wildman–Crippen MR) is 35.6 cm³/mol. The molecular formula is C6H7N3. The Kier molecular flexibility index (Phi) is 0.899. The highest BCUT2D eigenvalue weighted by atomic mass is 15.5. The Bertz CT molecular complexity index is 200. The molecule has 0 amide bonds. The van der Waals surface area contributed by atoms with E-state index in [1.807, 2.05) is 17.4 Å². The molecule has 3 nitrogen and oxygen atoms in total. The van der Waals surface area contributed by atoms with Gasteiger partial charge in [0.2, 0.25) is 0 Å². The zero-order valence-electron chi connectivity index (χ0n) is 4.91. The molecule has 0 saturated heterocycles. The van der Waals surface area contributed by atoms with Crippen molar-refractivity contribution in [1.82, 2.24) is 10.4 Å². The summed E-state index contributed by atoms with van der Waals surface area (Å²) >= 11 is 0. The van der Waals surface area contributed by atoms with Crippen LogP contribution in [0, 0.1) is 0 Å². The van der Waals surface area contributed by atoms with Gasteiger partial charge >= 0.3 is 0 Å². The molecule has 0 saturated carbocycles. The maximum Gasteiger partial charge on any atom is 0.0727 e. The molecule has 2 aliphatic rings. The van der Waals surface area contributed by atoms with E-state index in [0.717, 1.165) is 12.2 Å². The van der Waals surface area contributed by atoms with Gasteiger partial charge < -0.3 is 0 Å². The fraction of sp³-hybridized carbons (Fsp3) is 0.167. The highest BCUT2D eigenvalue weighted by Crippen LogP contribution is 2.07. The lowest BCUT2D eigenvalue weighted by atomic mass is 10.4. The number of nitrogens with one attached hydrogen (secondary N) is 1. The number of hydrazine groups is 1. The summed E-state index contributed by atoms with van der Waals surface area (Å²) in [5.41, 5.74) is 4.26. The number of allylic oxidation sites excluding steroid dienone is 1. The lowest BCUT2D eigenvalue weighted by molar-refractivity contribution is 0.401. The first-order valence-corrected chi connectivity index (χ1v) is 2.89. The topological polar surface area (TPSA) is 27.6 Å². The Morgan fingerprint density at radius 2 is 2.67 bits per heavy atom. The Labute approximate surface area is 53.3 Å². The molecule has 3 heteroatoms. The van der Waals surface area contributed by atoms with E-state index in [9.17, 15) is 0 Å². The van der Waals surface area contributed by atoms with Gasteiger partial charge in [0.05, 0.1) is 11.9 Å². The van der Waals surface area contributed by atoms with Crippen LogP contribution in [0.1, 0.15) is 0 Å². The minimum Gasteiger partial charge on any atom is -0.281 e. The largest absolute Gasteiger partial charge is 0.281 e. The molecule has 2 aliphatic heterocycles. The Morgan fingerprint density at radius 3 is 3.56 bits per heavy atom. The van der Waals surface area contributed by atoms with Crippen LogP contribution < -0.4 is 5.43 Å². The van der Waals surface area contributed by atoms with E-state index in [2.05, 4.69) is 16.5 Å². The summed E-state index contributed by atoms with van der Waals surface area (Å²) in [6.07, 6.45) is 7.58. The number of fused-ring (bicyclic) bond motifs is 1. The van der Waals surface area contributed by atoms with Crippen molar-refractivity contribution in [2.24, 2.45) is 4.99 Å². The van der Waals surface area contributed by atoms with Crippen LogP contribution in [0.5, 0.6) is 0 Å². The predicted octanol–water partition coefficient (Wildman–Crippen LogP) is 0.246. The second kappa shape index (κ2) is 1.70. The number of rotatable bonds is 0. The molecule has 0 fully saturated rings. The van der Waals surface area contributed by atoms with Crippen molar-refractivity contribution in [3.8, 4) is 0 Å². The first-order valence-electron chi connectivity index (χ1n) is 2.89. The van der Waals surface area contributed by atoms with E-state index in [1.54, 1.807) is 6.20 Å². The van der Waals surface area contributed by atoms with Crippen molar-refractivity contribution in [3.63, 3.8) is 0 Å². The molecule has 0 aromatic heterocycles. The van der Waals surface area contributed by atoms with Crippen molar-refractivity contribution >= 4 is 6.21 Å². The van der Waals surface area contributed by atoms with E-state index in [1.165, 1.54) is 0 Å². The second-order valence-corrected chi connectivity index (χ2v) is 1.94. The summed E-state index contributed by atoms with van der Waals surface area (Å²) in [6.45, 7) is 0.908. The maximum atomic E-state index is 3.96. The molecule has 0 aromatic carbocycles. The molecule has 2 rings (SSSR count). The van der Waals surface area contributed by atoms with Crippen LogP contribution in [0.25, 0.3) is 0 Å². The molecule has 46 valence electrons. The summed E-state index contributed by atoms with van der Waals surface area (Å²) in [5, 5.41) is 1.95. The molecule has 0 bridgehead atoms. The fourth-order valence-electron chi connectivity index (χ4n) is 0.916. The lowest BCUT2D eigenvalue weighted by Crippen LogP contribution is -2.27. The van der Waals surface area contributed by atoms with E-state index in [4.69, 9.17) is 0 Å². The molecule has 0 spiro atoms. The number of aliphatic imine (C=N–C) groups is 1. The van der Waals surface area contributed by atoms with Gasteiger partial charge in [-0.25, -0.2) is 5.43 Å². The molecule has 0 unspecified atom stereocenters. The van der Waals surface area contributed by atoms with Gasteiger partial charge in [-0.1, -0.05) is 0 Å². The minimum atomic E-state index is 0.908. The van der Waals surface area contributed by atoms with Crippen molar-refractivity contribution in [2.45, 2.75) is 0 Å². The average Bonchev–Trinajstić information content (AvgIpc) is 2.33. The molecule has 9 heavy (non-hydrogen) atoms. The van der Waals surface area contributed by atoms with Crippen LogP contribution >= 0.6 is 0 Å². The summed E-state index contributed by atoms with van der Waals surface area (Å²) in [7, 11) is 0. The normalized spacial score (nSPS) is 22.2. The average molecular weight is 121 g/mol. The molecule has 2 heterocycles. The highest BCUT2D eigenvalue weighted by molar-refractivity contribution is 5.79. The smallest absolute Gasteiger partial charge is 0.0727 e. The van der Waals surface area contributed by atoms with Crippen LogP contribution in [-0.2, 0) is 0 Å². The quantitative estimate of drug-likeness (QED) is 0.497. The fourth-order valence-corrected chi connectivity index (χ4v) is 0.916. The first-order chi connectivity index (χ1) is 4.47. The van der Waals surface area contributed by atoms with Gasteiger partial charge in [0.15, 0.2) is 0 Å². The van der Waals surface area contributed by atoms with Crippen LogP contribution in [0.2, 0.25) is 0 Å². The summed E-state index contributed by atoms with van der Waals surface area (Å²) in [4.78, 5) is 3.96. The van der Waals surface area contributed by atoms with Gasteiger partial charge in [-0.05, 0) is 6.08 Å². The second-order valence-electron chi connectivity index (χ2n) is 1.94. The number of hydrogen-bond acceptors (Lipinski definition) is 3. The summed E-state index contributed by atoms with van der Waals surface area (Å²) in [6, 6.07) is 0. The van der Waals surface area contributed by atoms with Crippen LogP contribution in [0.15, 0.2) is 29.2 Å². The van der Waals surface area contributed by atoms with Gasteiger partial charge in [-0.3, -0.25) is 10.0 Å². The van der Waals surface area contributed by atoms with E-state index in [0.29, 0.717) is 0 Å². The summed E-state index contributed by atoms with van der Waals surface area (Å²) in [5.74, 6) is 0. The number of nitrogens with zero attached hydrogens (tertiary/aromatic N) is 2. The third-order valence-corrected chi connectivity index (χ3v) is 1.36. The van der Waals surface area contributed by atoms with Gasteiger partial charge in [0.25, 0.3) is 0 Å². The third kappa shape index (κ3) is 0.658. The molecular weight excluding hydrogens is 114 g/mol. The van der Waals surface area contributed by atoms with Crippen molar-refractivity contribution in [3.05, 3.63) is 24.2 Å². The van der Waals surface area contributed by atoms with E-state index >= 15 is 0 Å². The van der Waals surface area contributed by atoms with Gasteiger partial charge in [-0.2, -0.15) is 0 Å². The van der Waals surface area contributed by atoms with E-state index in [-0.39, 0.29) is 0 Å². The third-order valence-electron chi connectivity index (χ3n) is 1.36. The SMILES string of the molecule is C1=CN2NCC=C2C=N1. The first kappa shape index (κ1) is 4.76. The molecule has 0 aliphatic carbocycles. The minimum absolute atomic E-state index is 0.908. The van der Waals surface area contributed by atoms with Crippen molar-refractivity contribution in [2.75, 3.05) is 6.54 Å². The standard InChI is InChI=1S/C6H7N3/c1-2-8-9-4-3-7-5-6(1)9/h1,3-5,8H,2H2. The number of hydrogen-bond donors (Lipinski definition) is 1. The molecule has 0 aromatic rings. The van der Waals surface area contributed by atoms with Crippen LogP contribution in [0.3, 0.4) is 0 Å². The Hall–Kier alpha value is -1.09. The Balaban J connectivity index is 2.33. The highest BCUT2D eigenvalue weighted by Gasteiger charge is 2.10. The molecule has 0 radical (unpaired) electrons. The lowest BCUT2D eigenvalue weighted by Gasteiger charge is -2.15. The zero-order chi connectivity index (χ0) is 6.10. The van der Waals surface area contributed by atoms with Crippen molar-refractivity contribution < 1.29 is 0 Å². The Morgan fingerprint density at radius 1 is 1.67 bits per heavy atom. The van der Waals surface area contributed by atoms with Crippen LogP contribution in [0.4, 0.5) is 0 Å². The zero-order valence-corrected chi connectivity index (χ0v) is 4.91. The maximum absolute atomic E-state index is 3.96. The van der Waals surface area contributed by atoms with Gasteiger partial charge in [-0.15, -0.1) is 0 Å². The van der Waals surface area contributed by atoms with Crippen LogP contribution in [-0.4, -0.2) is 17.8 Å². The molecule has 0 atom stereocenters. The van der Waals surface area contributed by atoms with Crippen molar-refractivity contribution in [1.29, 1.82) is 0 Å². The van der Waals surface area contributed by atoms with Gasteiger partial charge in [0.1, 0.15) is 0 Å². The monoisotopic (exact) mass is 121 g/mol.